The van der Waals surface area contributed by atoms with Gasteiger partial charge in [0.1, 0.15) is 0 Å². The quantitative estimate of drug-likeness (QED) is 0.783. The Morgan fingerprint density at radius 3 is 2.89 bits per heavy atom. The molecule has 2 aliphatic rings. The Hall–Kier alpha value is -0.160. The third-order valence-electron chi connectivity index (χ3n) is 4.47. The molecule has 112 valence electrons. The Morgan fingerprint density at radius 1 is 1.32 bits per heavy atom. The van der Waals surface area contributed by atoms with Crippen LogP contribution in [0.3, 0.4) is 0 Å². The minimum absolute atomic E-state index is 0.401. The molecule has 0 saturated carbocycles. The molecule has 2 rings (SSSR count). The molecule has 4 nitrogen and oxygen atoms in total. The molecule has 2 aliphatic heterocycles. The zero-order chi connectivity index (χ0) is 13.7. The number of likely N-dealkylation sites (N-methyl/N-ethyl adjacent to an activating group) is 1. The molecule has 0 aromatic rings. The predicted molar refractivity (Wildman–Crippen MR) is 79.6 cm³/mol. The summed E-state index contributed by atoms with van der Waals surface area (Å²) in [6.07, 6.45) is 3.09. The number of nitrogens with zero attached hydrogens (tertiary/aromatic N) is 2. The topological polar surface area (TPSA) is 27.7 Å². The van der Waals surface area contributed by atoms with E-state index in [0.29, 0.717) is 12.1 Å². The number of ether oxygens (including phenoxy) is 1. The molecule has 0 aliphatic carbocycles. The van der Waals surface area contributed by atoms with Crippen molar-refractivity contribution in [3.05, 3.63) is 0 Å². The smallest absolute Gasteiger partial charge is 0.0829 e. The van der Waals surface area contributed by atoms with Gasteiger partial charge in [0.05, 0.1) is 12.7 Å². The maximum Gasteiger partial charge on any atom is 0.0829 e. The summed E-state index contributed by atoms with van der Waals surface area (Å²) < 4.78 is 5.97. The lowest BCUT2D eigenvalue weighted by Gasteiger charge is -2.38. The molecule has 2 unspecified atom stereocenters. The summed E-state index contributed by atoms with van der Waals surface area (Å²) in [5.41, 5.74) is 0. The van der Waals surface area contributed by atoms with Crippen LogP contribution in [0.1, 0.15) is 33.6 Å². The van der Waals surface area contributed by atoms with Crippen molar-refractivity contribution in [3.63, 3.8) is 0 Å². The van der Waals surface area contributed by atoms with Gasteiger partial charge in [0.2, 0.25) is 0 Å². The van der Waals surface area contributed by atoms with Gasteiger partial charge in [0.25, 0.3) is 0 Å². The summed E-state index contributed by atoms with van der Waals surface area (Å²) in [7, 11) is 0. The first-order chi connectivity index (χ1) is 9.20. The molecule has 0 bridgehead atoms. The minimum atomic E-state index is 0.401. The molecule has 0 amide bonds. The van der Waals surface area contributed by atoms with Gasteiger partial charge in [-0.1, -0.05) is 6.92 Å². The standard InChI is InChI=1S/C15H31N3O/c1-4-16-10-14-6-5-7-18(14)12-15-11-17(13(2)3)8-9-19-15/h13-16H,4-12H2,1-3H3. The lowest BCUT2D eigenvalue weighted by molar-refractivity contribution is -0.0533. The van der Waals surface area contributed by atoms with Crippen LogP contribution in [0.2, 0.25) is 0 Å². The van der Waals surface area contributed by atoms with Crippen LogP contribution in [0.25, 0.3) is 0 Å². The van der Waals surface area contributed by atoms with Gasteiger partial charge in [0.15, 0.2) is 0 Å². The summed E-state index contributed by atoms with van der Waals surface area (Å²) in [6, 6.07) is 1.36. The second-order valence-electron chi connectivity index (χ2n) is 6.18. The molecule has 2 fully saturated rings. The van der Waals surface area contributed by atoms with Gasteiger partial charge < -0.3 is 10.1 Å². The highest BCUT2D eigenvalue weighted by Crippen LogP contribution is 2.19. The fraction of sp³-hybridized carbons (Fsp3) is 1.00. The first-order valence-electron chi connectivity index (χ1n) is 8.01. The lowest BCUT2D eigenvalue weighted by Crippen LogP contribution is -2.51. The zero-order valence-corrected chi connectivity index (χ0v) is 12.9. The van der Waals surface area contributed by atoms with Gasteiger partial charge >= 0.3 is 0 Å². The summed E-state index contributed by atoms with van der Waals surface area (Å²) in [4.78, 5) is 5.18. The van der Waals surface area contributed by atoms with E-state index in [-0.39, 0.29) is 0 Å². The fourth-order valence-corrected chi connectivity index (χ4v) is 3.26. The second-order valence-corrected chi connectivity index (χ2v) is 6.18. The van der Waals surface area contributed by atoms with Crippen LogP contribution in [-0.4, -0.2) is 73.9 Å². The van der Waals surface area contributed by atoms with E-state index in [2.05, 4.69) is 35.9 Å². The van der Waals surface area contributed by atoms with Crippen LogP contribution in [-0.2, 0) is 4.74 Å². The second kappa shape index (κ2) is 7.58. The summed E-state index contributed by atoms with van der Waals surface area (Å²) in [5.74, 6) is 0. The molecule has 0 aromatic heterocycles. The van der Waals surface area contributed by atoms with Crippen LogP contribution >= 0.6 is 0 Å². The number of likely N-dealkylation sites (tertiary alicyclic amines) is 1. The number of morpholine rings is 1. The highest BCUT2D eigenvalue weighted by molar-refractivity contribution is 4.85. The Kier molecular flexibility index (Phi) is 6.07. The largest absolute Gasteiger partial charge is 0.374 e. The van der Waals surface area contributed by atoms with Crippen LogP contribution in [0, 0.1) is 0 Å². The number of nitrogens with one attached hydrogen (secondary N) is 1. The van der Waals surface area contributed by atoms with E-state index in [0.717, 1.165) is 45.4 Å². The van der Waals surface area contributed by atoms with E-state index in [1.54, 1.807) is 0 Å². The van der Waals surface area contributed by atoms with Crippen LogP contribution < -0.4 is 5.32 Å². The Bertz CT molecular complexity index is 260. The molecule has 0 aromatic carbocycles. The third-order valence-corrected chi connectivity index (χ3v) is 4.47. The Morgan fingerprint density at radius 2 is 2.16 bits per heavy atom. The predicted octanol–water partition coefficient (Wildman–Crippen LogP) is 1.17. The van der Waals surface area contributed by atoms with Crippen molar-refractivity contribution in [2.24, 2.45) is 0 Å². The van der Waals surface area contributed by atoms with E-state index in [1.165, 1.54) is 19.4 Å². The molecule has 1 N–H and O–H groups in total. The molecular formula is C15H31N3O. The normalized spacial score (nSPS) is 30.3. The molecule has 4 heteroatoms. The lowest BCUT2D eigenvalue weighted by atomic mass is 10.2. The molecule has 0 spiro atoms. The molecule has 2 saturated heterocycles. The fourth-order valence-electron chi connectivity index (χ4n) is 3.26. The van der Waals surface area contributed by atoms with Crippen molar-refractivity contribution in [2.45, 2.75) is 51.8 Å². The van der Waals surface area contributed by atoms with E-state index in [4.69, 9.17) is 4.74 Å². The first kappa shape index (κ1) is 15.2. The van der Waals surface area contributed by atoms with Crippen LogP contribution in [0.5, 0.6) is 0 Å². The Balaban J connectivity index is 1.79. The third kappa shape index (κ3) is 4.42. The van der Waals surface area contributed by atoms with E-state index >= 15 is 0 Å². The number of rotatable bonds is 6. The van der Waals surface area contributed by atoms with E-state index < -0.39 is 0 Å². The highest BCUT2D eigenvalue weighted by Gasteiger charge is 2.29. The zero-order valence-electron chi connectivity index (χ0n) is 12.9. The van der Waals surface area contributed by atoms with Gasteiger partial charge in [-0.25, -0.2) is 0 Å². The van der Waals surface area contributed by atoms with Gasteiger partial charge in [-0.3, -0.25) is 9.80 Å². The average Bonchev–Trinajstić information content (AvgIpc) is 2.84. The van der Waals surface area contributed by atoms with Gasteiger partial charge in [0, 0.05) is 38.3 Å². The monoisotopic (exact) mass is 269 g/mol. The van der Waals surface area contributed by atoms with Gasteiger partial charge in [-0.05, 0) is 39.8 Å². The Labute approximate surface area is 118 Å². The first-order valence-corrected chi connectivity index (χ1v) is 8.01. The molecule has 0 radical (unpaired) electrons. The van der Waals surface area contributed by atoms with Crippen molar-refractivity contribution < 1.29 is 4.74 Å². The van der Waals surface area contributed by atoms with Crippen molar-refractivity contribution in [2.75, 3.05) is 45.9 Å². The van der Waals surface area contributed by atoms with Crippen molar-refractivity contribution in [1.29, 1.82) is 0 Å². The van der Waals surface area contributed by atoms with Crippen molar-refractivity contribution >= 4 is 0 Å². The summed E-state index contributed by atoms with van der Waals surface area (Å²) >= 11 is 0. The van der Waals surface area contributed by atoms with Crippen LogP contribution in [0.15, 0.2) is 0 Å². The van der Waals surface area contributed by atoms with Gasteiger partial charge in [-0.15, -0.1) is 0 Å². The number of hydrogen-bond donors (Lipinski definition) is 1. The summed E-state index contributed by atoms with van der Waals surface area (Å²) in [5, 5.41) is 3.49. The van der Waals surface area contributed by atoms with Crippen LogP contribution in [0.4, 0.5) is 0 Å². The van der Waals surface area contributed by atoms with E-state index in [1.807, 2.05) is 0 Å². The molecular weight excluding hydrogens is 238 g/mol. The minimum Gasteiger partial charge on any atom is -0.374 e. The van der Waals surface area contributed by atoms with Crippen molar-refractivity contribution in [1.82, 2.24) is 15.1 Å². The van der Waals surface area contributed by atoms with E-state index in [9.17, 15) is 0 Å². The van der Waals surface area contributed by atoms with Gasteiger partial charge in [-0.2, -0.15) is 0 Å². The maximum atomic E-state index is 5.97. The van der Waals surface area contributed by atoms with Crippen molar-refractivity contribution in [3.8, 4) is 0 Å². The molecule has 2 heterocycles. The average molecular weight is 269 g/mol. The molecule has 19 heavy (non-hydrogen) atoms. The SMILES string of the molecule is CCNCC1CCCN1CC1CN(C(C)C)CCO1. The number of hydrogen-bond acceptors (Lipinski definition) is 4. The summed E-state index contributed by atoms with van der Waals surface area (Å²) in [6.45, 7) is 14.4. The highest BCUT2D eigenvalue weighted by atomic mass is 16.5. The maximum absolute atomic E-state index is 5.97. The molecule has 2 atom stereocenters.